The number of nitrogens with one attached hydrogen (secondary N) is 1. The Balaban J connectivity index is 2.00. The summed E-state index contributed by atoms with van der Waals surface area (Å²) in [6.45, 7) is 19.5. The summed E-state index contributed by atoms with van der Waals surface area (Å²) in [5.74, 6) is 0.114. The number of benzene rings is 1. The highest BCUT2D eigenvalue weighted by Crippen LogP contribution is 2.36. The van der Waals surface area contributed by atoms with Gasteiger partial charge in [0, 0.05) is 43.3 Å². The van der Waals surface area contributed by atoms with E-state index in [2.05, 4.69) is 74.5 Å². The number of piperidine rings is 1. The predicted molar refractivity (Wildman–Crippen MR) is 148 cm³/mol. The van der Waals surface area contributed by atoms with Crippen LogP contribution in [0.25, 0.3) is 0 Å². The number of anilines is 2. The fourth-order valence-electron chi connectivity index (χ4n) is 5.39. The molecule has 1 aromatic rings. The van der Waals surface area contributed by atoms with Crippen molar-refractivity contribution in [2.24, 2.45) is 17.4 Å². The molecule has 0 radical (unpaired) electrons. The monoisotopic (exact) mass is 461 g/mol. The normalized spacial score (nSPS) is 19.9. The minimum atomic E-state index is 0.0795. The third kappa shape index (κ3) is 5.90. The number of rotatable bonds is 8. The van der Waals surface area contributed by atoms with Crippen LogP contribution in [0.3, 0.4) is 0 Å². The molecule has 0 aromatic heterocycles. The van der Waals surface area contributed by atoms with Crippen molar-refractivity contribution < 1.29 is 0 Å². The molecule has 2 aliphatic rings. The lowest BCUT2D eigenvalue weighted by atomic mass is 9.79. The topological polar surface area (TPSA) is 93.3 Å². The molecule has 184 valence electrons. The molecule has 1 aliphatic carbocycles. The molecule has 0 saturated carbocycles. The van der Waals surface area contributed by atoms with E-state index in [9.17, 15) is 0 Å². The summed E-state index contributed by atoms with van der Waals surface area (Å²) in [5.41, 5.74) is 28.7. The average Bonchev–Trinajstić information content (AvgIpc) is 2.77. The standard InChI is InChI=1S/C29H43N5/c1-7-25(22(6)33-27-16-20(4)13-21(5)28(27)32)29(34-10-8-24(31)9-11-34)26(17-30)23-14-18(2)12-19(3)15-23/h7,13-16,24,26,29,33H,2,6,8-12,17,30-32H2,1,3-5H3/b25-7-. The van der Waals surface area contributed by atoms with E-state index in [1.807, 2.05) is 6.92 Å². The van der Waals surface area contributed by atoms with E-state index in [0.717, 1.165) is 71.7 Å². The lowest BCUT2D eigenvalue weighted by molar-refractivity contribution is 0.146. The number of aryl methyl sites for hydroxylation is 2. The van der Waals surface area contributed by atoms with Crippen LogP contribution < -0.4 is 22.5 Å². The number of likely N-dealkylation sites (tertiary alicyclic amines) is 1. The molecule has 2 unspecified atom stereocenters. The van der Waals surface area contributed by atoms with Crippen LogP contribution in [0.1, 0.15) is 44.2 Å². The van der Waals surface area contributed by atoms with Crippen molar-refractivity contribution in [3.05, 3.63) is 82.6 Å². The lowest BCUT2D eigenvalue weighted by Crippen LogP contribution is -2.51. The van der Waals surface area contributed by atoms with Gasteiger partial charge >= 0.3 is 0 Å². The molecule has 2 atom stereocenters. The van der Waals surface area contributed by atoms with Gasteiger partial charge in [0.1, 0.15) is 0 Å². The van der Waals surface area contributed by atoms with Crippen LogP contribution in [0, 0.1) is 19.8 Å². The molecule has 0 amide bonds. The van der Waals surface area contributed by atoms with Crippen LogP contribution in [-0.4, -0.2) is 36.6 Å². The summed E-state index contributed by atoms with van der Waals surface area (Å²) in [6, 6.07) is 4.52. The van der Waals surface area contributed by atoms with E-state index >= 15 is 0 Å². The largest absolute Gasteiger partial charge is 0.397 e. The quantitative estimate of drug-likeness (QED) is 0.324. The molecule has 34 heavy (non-hydrogen) atoms. The molecule has 1 heterocycles. The molecule has 1 aliphatic heterocycles. The van der Waals surface area contributed by atoms with Crippen molar-refractivity contribution in [3.63, 3.8) is 0 Å². The zero-order valence-electron chi connectivity index (χ0n) is 21.5. The van der Waals surface area contributed by atoms with Gasteiger partial charge < -0.3 is 22.5 Å². The number of nitrogens with zero attached hydrogens (tertiary/aromatic N) is 1. The molecule has 5 heteroatoms. The zero-order chi connectivity index (χ0) is 25.0. The Hall–Kier alpha value is -2.60. The molecule has 1 aromatic carbocycles. The highest BCUT2D eigenvalue weighted by molar-refractivity contribution is 5.73. The average molecular weight is 462 g/mol. The summed E-state index contributed by atoms with van der Waals surface area (Å²) >= 11 is 0. The van der Waals surface area contributed by atoms with Crippen LogP contribution in [0.5, 0.6) is 0 Å². The SMILES string of the molecule is C=C1C=C(C(CN)C(/C(=C\C)C(=C)Nc2cc(C)cc(C)c2N)N2CCC(N)CC2)C=C(C)C1. The molecule has 0 bridgehead atoms. The van der Waals surface area contributed by atoms with Crippen LogP contribution in [0.4, 0.5) is 11.4 Å². The van der Waals surface area contributed by atoms with Crippen molar-refractivity contribution in [1.29, 1.82) is 0 Å². The Morgan fingerprint density at radius 2 is 1.88 bits per heavy atom. The van der Waals surface area contributed by atoms with Crippen molar-refractivity contribution in [2.75, 3.05) is 30.7 Å². The summed E-state index contributed by atoms with van der Waals surface area (Å²) in [5, 5.41) is 3.54. The molecular weight excluding hydrogens is 418 g/mol. The number of allylic oxidation sites excluding steroid dienone is 5. The molecule has 3 rings (SSSR count). The fraction of sp³-hybridized carbons (Fsp3) is 0.448. The maximum Gasteiger partial charge on any atom is 0.0623 e. The lowest BCUT2D eigenvalue weighted by Gasteiger charge is -2.43. The highest BCUT2D eigenvalue weighted by atomic mass is 15.2. The van der Waals surface area contributed by atoms with Crippen LogP contribution in [0.2, 0.25) is 0 Å². The van der Waals surface area contributed by atoms with Gasteiger partial charge in [0.05, 0.1) is 11.4 Å². The molecule has 1 fully saturated rings. The maximum absolute atomic E-state index is 6.49. The summed E-state index contributed by atoms with van der Waals surface area (Å²) in [6.07, 6.45) is 9.56. The second-order valence-corrected chi connectivity index (χ2v) is 10.0. The van der Waals surface area contributed by atoms with E-state index < -0.39 is 0 Å². The highest BCUT2D eigenvalue weighted by Gasteiger charge is 2.35. The Morgan fingerprint density at radius 1 is 1.21 bits per heavy atom. The molecule has 0 spiro atoms. The Labute approximate surface area is 206 Å². The number of hydrogen-bond donors (Lipinski definition) is 4. The first-order valence-corrected chi connectivity index (χ1v) is 12.4. The molecule has 5 nitrogen and oxygen atoms in total. The van der Waals surface area contributed by atoms with Gasteiger partial charge in [0.2, 0.25) is 0 Å². The first-order valence-electron chi connectivity index (χ1n) is 12.4. The minimum absolute atomic E-state index is 0.0795. The van der Waals surface area contributed by atoms with Gasteiger partial charge in [-0.25, -0.2) is 0 Å². The summed E-state index contributed by atoms with van der Waals surface area (Å²) in [7, 11) is 0. The molecular formula is C29H43N5. The van der Waals surface area contributed by atoms with E-state index in [1.54, 1.807) is 0 Å². The van der Waals surface area contributed by atoms with E-state index in [0.29, 0.717) is 6.54 Å². The van der Waals surface area contributed by atoms with Crippen LogP contribution in [-0.2, 0) is 0 Å². The van der Waals surface area contributed by atoms with Crippen molar-refractivity contribution in [1.82, 2.24) is 4.90 Å². The van der Waals surface area contributed by atoms with Gasteiger partial charge in [-0.2, -0.15) is 0 Å². The Morgan fingerprint density at radius 3 is 2.47 bits per heavy atom. The van der Waals surface area contributed by atoms with Crippen LogP contribution >= 0.6 is 0 Å². The summed E-state index contributed by atoms with van der Waals surface area (Å²) in [4.78, 5) is 2.54. The third-order valence-corrected chi connectivity index (χ3v) is 7.12. The zero-order valence-corrected chi connectivity index (χ0v) is 21.5. The van der Waals surface area contributed by atoms with Gasteiger partial charge in [-0.15, -0.1) is 0 Å². The van der Waals surface area contributed by atoms with E-state index in [-0.39, 0.29) is 18.0 Å². The third-order valence-electron chi connectivity index (χ3n) is 7.12. The Bertz CT molecular complexity index is 1020. The fourth-order valence-corrected chi connectivity index (χ4v) is 5.39. The summed E-state index contributed by atoms with van der Waals surface area (Å²) < 4.78 is 0. The van der Waals surface area contributed by atoms with E-state index in [1.165, 1.54) is 11.1 Å². The van der Waals surface area contributed by atoms with Crippen molar-refractivity contribution >= 4 is 11.4 Å². The first kappa shape index (κ1) is 26.0. The van der Waals surface area contributed by atoms with Crippen molar-refractivity contribution in [2.45, 2.75) is 59.0 Å². The molecule has 7 N–H and O–H groups in total. The van der Waals surface area contributed by atoms with E-state index in [4.69, 9.17) is 17.2 Å². The number of hydrogen-bond acceptors (Lipinski definition) is 5. The van der Waals surface area contributed by atoms with Gasteiger partial charge in [-0.1, -0.05) is 48.6 Å². The van der Waals surface area contributed by atoms with Gasteiger partial charge in [0.25, 0.3) is 0 Å². The first-order chi connectivity index (χ1) is 16.1. The number of nitrogen functional groups attached to an aromatic ring is 1. The van der Waals surface area contributed by atoms with Gasteiger partial charge in [-0.05, 0) is 75.3 Å². The number of nitrogens with two attached hydrogens (primary N) is 3. The van der Waals surface area contributed by atoms with Crippen molar-refractivity contribution in [3.8, 4) is 0 Å². The Kier molecular flexibility index (Phi) is 8.58. The second kappa shape index (κ2) is 11.2. The predicted octanol–water partition coefficient (Wildman–Crippen LogP) is 4.96. The maximum atomic E-state index is 6.49. The second-order valence-electron chi connectivity index (χ2n) is 10.0. The minimum Gasteiger partial charge on any atom is -0.397 e. The van der Waals surface area contributed by atoms with Gasteiger partial charge in [-0.3, -0.25) is 4.90 Å². The molecule has 1 saturated heterocycles. The van der Waals surface area contributed by atoms with Gasteiger partial charge in [0.15, 0.2) is 0 Å². The smallest absolute Gasteiger partial charge is 0.0623 e. The van der Waals surface area contributed by atoms with Crippen LogP contribution in [0.15, 0.2) is 71.5 Å².